The SMILES string of the molecule is CC(C)C1CCc2cccn21. The molecule has 1 aromatic rings. The number of rotatable bonds is 1. The summed E-state index contributed by atoms with van der Waals surface area (Å²) in [5.41, 5.74) is 1.52. The summed E-state index contributed by atoms with van der Waals surface area (Å²) in [7, 11) is 0. The van der Waals surface area contributed by atoms with Gasteiger partial charge >= 0.3 is 0 Å². The Morgan fingerprint density at radius 1 is 1.55 bits per heavy atom. The Hall–Kier alpha value is -0.720. The molecular formula is C10H15N. The largest absolute Gasteiger partial charge is 0.348 e. The Labute approximate surface area is 68.0 Å². The van der Waals surface area contributed by atoms with E-state index in [0.29, 0.717) is 0 Å². The monoisotopic (exact) mass is 149 g/mol. The standard InChI is InChI=1S/C10H15N/c1-8(2)10-6-5-9-4-3-7-11(9)10/h3-4,7-8,10H,5-6H2,1-2H3. The van der Waals surface area contributed by atoms with Gasteiger partial charge in [-0.05, 0) is 30.9 Å². The molecule has 1 aliphatic heterocycles. The van der Waals surface area contributed by atoms with E-state index in [1.54, 1.807) is 0 Å². The van der Waals surface area contributed by atoms with Crippen molar-refractivity contribution in [3.63, 3.8) is 0 Å². The fraction of sp³-hybridized carbons (Fsp3) is 0.600. The van der Waals surface area contributed by atoms with Gasteiger partial charge in [-0.2, -0.15) is 0 Å². The summed E-state index contributed by atoms with van der Waals surface area (Å²) >= 11 is 0. The van der Waals surface area contributed by atoms with E-state index < -0.39 is 0 Å². The van der Waals surface area contributed by atoms with Crippen LogP contribution in [-0.2, 0) is 6.42 Å². The number of hydrogen-bond donors (Lipinski definition) is 0. The summed E-state index contributed by atoms with van der Waals surface area (Å²) in [5, 5.41) is 0. The molecule has 0 N–H and O–H groups in total. The highest BCUT2D eigenvalue weighted by Crippen LogP contribution is 2.31. The van der Waals surface area contributed by atoms with Crippen molar-refractivity contribution in [3.05, 3.63) is 24.0 Å². The molecule has 2 rings (SSSR count). The minimum atomic E-state index is 0.764. The average Bonchev–Trinajstić information content (AvgIpc) is 2.41. The molecule has 0 aromatic carbocycles. The van der Waals surface area contributed by atoms with Crippen LogP contribution in [0.1, 0.15) is 32.0 Å². The van der Waals surface area contributed by atoms with Gasteiger partial charge in [0.25, 0.3) is 0 Å². The van der Waals surface area contributed by atoms with E-state index in [2.05, 4.69) is 36.7 Å². The van der Waals surface area contributed by atoms with Gasteiger partial charge in [0.15, 0.2) is 0 Å². The van der Waals surface area contributed by atoms with E-state index in [1.807, 2.05) is 0 Å². The van der Waals surface area contributed by atoms with E-state index >= 15 is 0 Å². The molecule has 2 heterocycles. The molecule has 1 unspecified atom stereocenters. The lowest BCUT2D eigenvalue weighted by Crippen LogP contribution is -2.08. The molecule has 0 spiro atoms. The maximum atomic E-state index is 2.44. The number of aromatic nitrogens is 1. The minimum Gasteiger partial charge on any atom is -0.348 e. The molecule has 0 bridgehead atoms. The molecule has 0 saturated heterocycles. The van der Waals surface area contributed by atoms with Crippen molar-refractivity contribution >= 4 is 0 Å². The van der Waals surface area contributed by atoms with Crippen LogP contribution in [0.3, 0.4) is 0 Å². The fourth-order valence-electron chi connectivity index (χ4n) is 2.05. The maximum absolute atomic E-state index is 2.44. The second-order valence-corrected chi connectivity index (χ2v) is 3.76. The number of aryl methyl sites for hydroxylation is 1. The van der Waals surface area contributed by atoms with Gasteiger partial charge in [-0.15, -0.1) is 0 Å². The van der Waals surface area contributed by atoms with Crippen molar-refractivity contribution in [1.29, 1.82) is 0 Å². The summed E-state index contributed by atoms with van der Waals surface area (Å²) in [6.45, 7) is 4.61. The zero-order valence-electron chi connectivity index (χ0n) is 7.25. The van der Waals surface area contributed by atoms with Gasteiger partial charge in [0.05, 0.1) is 0 Å². The van der Waals surface area contributed by atoms with Crippen molar-refractivity contribution < 1.29 is 0 Å². The van der Waals surface area contributed by atoms with Gasteiger partial charge in [0, 0.05) is 17.9 Å². The van der Waals surface area contributed by atoms with Crippen LogP contribution < -0.4 is 0 Å². The van der Waals surface area contributed by atoms with Gasteiger partial charge in [0.1, 0.15) is 0 Å². The van der Waals surface area contributed by atoms with Crippen LogP contribution in [0.4, 0.5) is 0 Å². The number of nitrogens with zero attached hydrogens (tertiary/aromatic N) is 1. The summed E-state index contributed by atoms with van der Waals surface area (Å²) in [4.78, 5) is 0. The Balaban J connectivity index is 2.31. The zero-order valence-corrected chi connectivity index (χ0v) is 7.25. The van der Waals surface area contributed by atoms with Crippen LogP contribution in [0.25, 0.3) is 0 Å². The third-order valence-corrected chi connectivity index (χ3v) is 2.69. The molecule has 60 valence electrons. The maximum Gasteiger partial charge on any atom is 0.0359 e. The highest BCUT2D eigenvalue weighted by Gasteiger charge is 2.22. The first-order valence-corrected chi connectivity index (χ1v) is 4.45. The summed E-state index contributed by atoms with van der Waals surface area (Å²) < 4.78 is 2.44. The molecule has 0 aliphatic carbocycles. The third kappa shape index (κ3) is 0.991. The highest BCUT2D eigenvalue weighted by molar-refractivity contribution is 5.13. The molecule has 0 fully saturated rings. The number of hydrogen-bond acceptors (Lipinski definition) is 0. The Morgan fingerprint density at radius 3 is 3.09 bits per heavy atom. The van der Waals surface area contributed by atoms with Crippen LogP contribution in [0.5, 0.6) is 0 Å². The van der Waals surface area contributed by atoms with Crippen LogP contribution in [-0.4, -0.2) is 4.57 Å². The van der Waals surface area contributed by atoms with Crippen LogP contribution in [0.15, 0.2) is 18.3 Å². The summed E-state index contributed by atoms with van der Waals surface area (Å²) in [6.07, 6.45) is 4.83. The average molecular weight is 149 g/mol. The molecule has 0 amide bonds. The second-order valence-electron chi connectivity index (χ2n) is 3.76. The summed E-state index contributed by atoms with van der Waals surface area (Å²) in [6, 6.07) is 5.16. The van der Waals surface area contributed by atoms with Gasteiger partial charge in [0.2, 0.25) is 0 Å². The molecule has 1 atom stereocenters. The second kappa shape index (κ2) is 2.40. The Morgan fingerprint density at radius 2 is 2.36 bits per heavy atom. The molecular weight excluding hydrogens is 134 g/mol. The van der Waals surface area contributed by atoms with Crippen molar-refractivity contribution in [1.82, 2.24) is 4.57 Å². The quantitative estimate of drug-likeness (QED) is 0.578. The minimum absolute atomic E-state index is 0.764. The predicted octanol–water partition coefficient (Wildman–Crippen LogP) is 2.63. The van der Waals surface area contributed by atoms with Crippen molar-refractivity contribution in [2.75, 3.05) is 0 Å². The molecule has 1 aromatic heterocycles. The molecule has 0 radical (unpaired) electrons. The third-order valence-electron chi connectivity index (χ3n) is 2.69. The van der Waals surface area contributed by atoms with Crippen molar-refractivity contribution in [2.24, 2.45) is 5.92 Å². The first-order chi connectivity index (χ1) is 5.29. The fourth-order valence-corrected chi connectivity index (χ4v) is 2.05. The van der Waals surface area contributed by atoms with Crippen LogP contribution in [0.2, 0.25) is 0 Å². The van der Waals surface area contributed by atoms with Crippen molar-refractivity contribution in [3.8, 4) is 0 Å². The first-order valence-electron chi connectivity index (χ1n) is 4.45. The summed E-state index contributed by atoms with van der Waals surface area (Å²) in [5.74, 6) is 0.781. The van der Waals surface area contributed by atoms with Crippen LogP contribution >= 0.6 is 0 Å². The van der Waals surface area contributed by atoms with Gasteiger partial charge in [-0.25, -0.2) is 0 Å². The lowest BCUT2D eigenvalue weighted by molar-refractivity contribution is 0.393. The molecule has 1 aliphatic rings. The van der Waals surface area contributed by atoms with Crippen molar-refractivity contribution in [2.45, 2.75) is 32.7 Å². The number of fused-ring (bicyclic) bond motifs is 1. The lowest BCUT2D eigenvalue weighted by Gasteiger charge is -2.16. The van der Waals surface area contributed by atoms with E-state index in [9.17, 15) is 0 Å². The Bertz CT molecular complexity index is 247. The Kier molecular flexibility index (Phi) is 1.52. The van der Waals surface area contributed by atoms with E-state index in [0.717, 1.165) is 12.0 Å². The molecule has 1 nitrogen and oxygen atoms in total. The van der Waals surface area contributed by atoms with Crippen LogP contribution in [0, 0.1) is 5.92 Å². The topological polar surface area (TPSA) is 4.93 Å². The lowest BCUT2D eigenvalue weighted by atomic mass is 10.0. The molecule has 11 heavy (non-hydrogen) atoms. The van der Waals surface area contributed by atoms with E-state index in [1.165, 1.54) is 18.5 Å². The zero-order chi connectivity index (χ0) is 7.84. The first kappa shape index (κ1) is 6.96. The molecule has 0 saturated carbocycles. The van der Waals surface area contributed by atoms with Gasteiger partial charge < -0.3 is 4.57 Å². The normalized spacial score (nSPS) is 22.6. The van der Waals surface area contributed by atoms with E-state index in [4.69, 9.17) is 0 Å². The highest BCUT2D eigenvalue weighted by atomic mass is 15.0. The predicted molar refractivity (Wildman–Crippen MR) is 46.6 cm³/mol. The molecule has 1 heteroatoms. The van der Waals surface area contributed by atoms with E-state index in [-0.39, 0.29) is 0 Å². The van der Waals surface area contributed by atoms with Gasteiger partial charge in [-0.1, -0.05) is 13.8 Å². The smallest absolute Gasteiger partial charge is 0.0359 e. The van der Waals surface area contributed by atoms with Gasteiger partial charge in [-0.3, -0.25) is 0 Å².